The average molecular weight is 197 g/mol. The van der Waals surface area contributed by atoms with Crippen molar-refractivity contribution in [2.45, 2.75) is 47.7 Å². The zero-order chi connectivity index (χ0) is 11.0. The van der Waals surface area contributed by atoms with Gasteiger partial charge in [0.15, 0.2) is 0 Å². The molecule has 1 aliphatic rings. The van der Waals surface area contributed by atoms with Crippen molar-refractivity contribution in [2.24, 2.45) is 15.9 Å². The molecule has 3 nitrogen and oxygen atoms in total. The topological polar surface area (TPSA) is 27.6 Å². The number of hydrazone groups is 1. The van der Waals surface area contributed by atoms with Gasteiger partial charge in [-0.25, -0.2) is 0 Å². The zero-order valence-corrected chi connectivity index (χ0v) is 10.3. The lowest BCUT2D eigenvalue weighted by molar-refractivity contribution is 0.126. The summed E-state index contributed by atoms with van der Waals surface area (Å²) in [5.41, 5.74) is 3.68. The summed E-state index contributed by atoms with van der Waals surface area (Å²) in [6.45, 7) is 14.5. The Hall–Kier alpha value is -0.730. The van der Waals surface area contributed by atoms with Gasteiger partial charge in [0.05, 0.1) is 0 Å². The Bertz CT molecular complexity index is 220. The summed E-state index contributed by atoms with van der Waals surface area (Å²) in [4.78, 5) is 2.29. The summed E-state index contributed by atoms with van der Waals surface area (Å²) in [6.07, 6.45) is 2.24. The Morgan fingerprint density at radius 2 is 1.79 bits per heavy atom. The standard InChI is InChI=1S/C11H23N3/c1-10(2,3)7-14-8-12-13-9(14)11(4,5)6/h8-9,13H,7H2,1-6H3. The average Bonchev–Trinajstić information content (AvgIpc) is 2.29. The first-order valence-corrected chi connectivity index (χ1v) is 5.25. The number of hydrogen-bond donors (Lipinski definition) is 1. The highest BCUT2D eigenvalue weighted by atomic mass is 15.5. The zero-order valence-electron chi connectivity index (χ0n) is 10.3. The first kappa shape index (κ1) is 11.3. The molecule has 0 aromatic heterocycles. The molecule has 3 heteroatoms. The Labute approximate surface area is 87.6 Å². The van der Waals surface area contributed by atoms with Gasteiger partial charge in [-0.3, -0.25) is 5.43 Å². The normalized spacial score (nSPS) is 22.7. The molecule has 0 aliphatic carbocycles. The third-order valence-corrected chi connectivity index (χ3v) is 2.21. The van der Waals surface area contributed by atoms with Crippen molar-refractivity contribution in [1.82, 2.24) is 10.3 Å². The van der Waals surface area contributed by atoms with Crippen LogP contribution >= 0.6 is 0 Å². The van der Waals surface area contributed by atoms with Crippen LogP contribution in [-0.4, -0.2) is 23.9 Å². The van der Waals surface area contributed by atoms with Crippen molar-refractivity contribution in [2.75, 3.05) is 6.54 Å². The van der Waals surface area contributed by atoms with Crippen LogP contribution in [0, 0.1) is 10.8 Å². The van der Waals surface area contributed by atoms with Gasteiger partial charge in [-0.2, -0.15) is 5.10 Å². The van der Waals surface area contributed by atoms with Crippen LogP contribution in [0.1, 0.15) is 41.5 Å². The second-order valence-electron chi connectivity index (χ2n) is 6.38. The van der Waals surface area contributed by atoms with Crippen molar-refractivity contribution in [3.05, 3.63) is 0 Å². The van der Waals surface area contributed by atoms with Gasteiger partial charge < -0.3 is 4.90 Å². The Morgan fingerprint density at radius 3 is 2.21 bits per heavy atom. The van der Waals surface area contributed by atoms with E-state index in [0.29, 0.717) is 11.6 Å². The van der Waals surface area contributed by atoms with Crippen molar-refractivity contribution in [3.63, 3.8) is 0 Å². The lowest BCUT2D eigenvalue weighted by atomic mass is 9.89. The highest BCUT2D eigenvalue weighted by molar-refractivity contribution is 5.57. The van der Waals surface area contributed by atoms with E-state index in [1.807, 2.05) is 6.34 Å². The van der Waals surface area contributed by atoms with E-state index >= 15 is 0 Å². The van der Waals surface area contributed by atoms with Crippen LogP contribution in [0.3, 0.4) is 0 Å². The van der Waals surface area contributed by atoms with E-state index in [2.05, 4.69) is 57.0 Å². The summed E-state index contributed by atoms with van der Waals surface area (Å²) in [5, 5.41) is 4.15. The van der Waals surface area contributed by atoms with Crippen LogP contribution in [0.4, 0.5) is 0 Å². The lowest BCUT2D eigenvalue weighted by Gasteiger charge is -2.37. The van der Waals surface area contributed by atoms with Gasteiger partial charge in [0, 0.05) is 12.0 Å². The van der Waals surface area contributed by atoms with E-state index in [1.165, 1.54) is 0 Å². The molecule has 1 atom stereocenters. The van der Waals surface area contributed by atoms with E-state index in [-0.39, 0.29) is 5.41 Å². The maximum absolute atomic E-state index is 4.15. The van der Waals surface area contributed by atoms with Gasteiger partial charge in [0.25, 0.3) is 0 Å². The summed E-state index contributed by atoms with van der Waals surface area (Å²) in [7, 11) is 0. The molecule has 0 aromatic rings. The third kappa shape index (κ3) is 2.89. The molecule has 82 valence electrons. The lowest BCUT2D eigenvalue weighted by Crippen LogP contribution is -2.49. The minimum absolute atomic E-state index is 0.210. The minimum atomic E-state index is 0.210. The van der Waals surface area contributed by atoms with E-state index in [9.17, 15) is 0 Å². The van der Waals surface area contributed by atoms with E-state index in [1.54, 1.807) is 0 Å². The molecule has 0 aromatic carbocycles. The number of hydrogen-bond acceptors (Lipinski definition) is 3. The molecular weight excluding hydrogens is 174 g/mol. The van der Waals surface area contributed by atoms with Gasteiger partial charge in [-0.1, -0.05) is 41.5 Å². The summed E-state index contributed by atoms with van der Waals surface area (Å²) < 4.78 is 0. The predicted molar refractivity (Wildman–Crippen MR) is 61.0 cm³/mol. The Kier molecular flexibility index (Phi) is 2.79. The van der Waals surface area contributed by atoms with Crippen molar-refractivity contribution >= 4 is 6.34 Å². The molecular formula is C11H23N3. The first-order valence-electron chi connectivity index (χ1n) is 5.25. The number of nitrogens with zero attached hydrogens (tertiary/aromatic N) is 2. The molecule has 0 amide bonds. The largest absolute Gasteiger partial charge is 0.339 e. The number of rotatable bonds is 1. The molecule has 0 radical (unpaired) electrons. The summed E-state index contributed by atoms with van der Waals surface area (Å²) in [6, 6.07) is 0. The second kappa shape index (κ2) is 3.44. The Balaban J connectivity index is 2.65. The molecule has 0 spiro atoms. The summed E-state index contributed by atoms with van der Waals surface area (Å²) in [5.74, 6) is 0. The van der Waals surface area contributed by atoms with Gasteiger partial charge in [0.1, 0.15) is 12.5 Å². The van der Waals surface area contributed by atoms with Crippen molar-refractivity contribution < 1.29 is 0 Å². The highest BCUT2D eigenvalue weighted by Gasteiger charge is 2.33. The van der Waals surface area contributed by atoms with E-state index in [0.717, 1.165) is 6.54 Å². The fraction of sp³-hybridized carbons (Fsp3) is 0.909. The molecule has 1 N–H and O–H groups in total. The van der Waals surface area contributed by atoms with E-state index in [4.69, 9.17) is 0 Å². The first-order chi connectivity index (χ1) is 6.20. The number of nitrogens with one attached hydrogen (secondary N) is 1. The van der Waals surface area contributed by atoms with Crippen LogP contribution in [0.25, 0.3) is 0 Å². The SMILES string of the molecule is CC(C)(C)CN1C=NNC1C(C)(C)C. The third-order valence-electron chi connectivity index (χ3n) is 2.21. The summed E-state index contributed by atoms with van der Waals surface area (Å²) >= 11 is 0. The molecule has 0 fully saturated rings. The van der Waals surface area contributed by atoms with Crippen LogP contribution in [0.5, 0.6) is 0 Å². The van der Waals surface area contributed by atoms with Crippen LogP contribution in [-0.2, 0) is 0 Å². The maximum Gasteiger partial charge on any atom is 0.121 e. The minimum Gasteiger partial charge on any atom is -0.339 e. The molecule has 14 heavy (non-hydrogen) atoms. The van der Waals surface area contributed by atoms with Crippen molar-refractivity contribution in [3.8, 4) is 0 Å². The van der Waals surface area contributed by atoms with Crippen LogP contribution in [0.2, 0.25) is 0 Å². The van der Waals surface area contributed by atoms with E-state index < -0.39 is 0 Å². The fourth-order valence-electron chi connectivity index (χ4n) is 1.69. The molecule has 0 bridgehead atoms. The van der Waals surface area contributed by atoms with Gasteiger partial charge in [-0.05, 0) is 5.41 Å². The fourth-order valence-corrected chi connectivity index (χ4v) is 1.69. The van der Waals surface area contributed by atoms with Crippen molar-refractivity contribution in [1.29, 1.82) is 0 Å². The van der Waals surface area contributed by atoms with Crippen LogP contribution in [0.15, 0.2) is 5.10 Å². The monoisotopic (exact) mass is 197 g/mol. The second-order valence-corrected chi connectivity index (χ2v) is 6.38. The molecule has 0 saturated heterocycles. The van der Waals surface area contributed by atoms with Gasteiger partial charge in [0.2, 0.25) is 0 Å². The molecule has 1 heterocycles. The van der Waals surface area contributed by atoms with Gasteiger partial charge in [-0.15, -0.1) is 0 Å². The Morgan fingerprint density at radius 1 is 1.21 bits per heavy atom. The predicted octanol–water partition coefficient (Wildman–Crippen LogP) is 2.25. The molecule has 1 aliphatic heterocycles. The maximum atomic E-state index is 4.15. The highest BCUT2D eigenvalue weighted by Crippen LogP contribution is 2.26. The smallest absolute Gasteiger partial charge is 0.121 e. The van der Waals surface area contributed by atoms with Gasteiger partial charge >= 0.3 is 0 Å². The quantitative estimate of drug-likeness (QED) is 0.698. The van der Waals surface area contributed by atoms with Crippen LogP contribution < -0.4 is 5.43 Å². The molecule has 1 unspecified atom stereocenters. The molecule has 0 saturated carbocycles. The molecule has 1 rings (SSSR count).